The number of methoxy groups -OCH3 is 1. The molecule has 2 heterocycles. The number of alkyl halides is 2. The summed E-state index contributed by atoms with van der Waals surface area (Å²) in [5.74, 6) is -1.49. The molecule has 1 aliphatic carbocycles. The summed E-state index contributed by atoms with van der Waals surface area (Å²) in [5.41, 5.74) is 12.1. The van der Waals surface area contributed by atoms with Crippen LogP contribution in [0.3, 0.4) is 0 Å². The minimum absolute atomic E-state index is 0.0427. The topological polar surface area (TPSA) is 142 Å². The average molecular weight is 616 g/mol. The van der Waals surface area contributed by atoms with E-state index in [9.17, 15) is 18.4 Å². The first-order chi connectivity index (χ1) is 20.4. The van der Waals surface area contributed by atoms with Gasteiger partial charge in [-0.3, -0.25) is 9.59 Å². The van der Waals surface area contributed by atoms with Crippen LogP contribution in [-0.2, 0) is 10.2 Å². The maximum Gasteiger partial charge on any atom is 0.331 e. The number of amides is 2. The monoisotopic (exact) mass is 615 g/mol. The standard InChI is InChI=1S/C30H29ClF3N5O4/c1-30(28(36)41)13-43-26-20(30)10-22(39-25(26)18-9-17(31)5-6-21(18)32)19(14-3-4-14)12-37-27(40)15-7-16(11-38-29(33)34)24(35)23(8-15)42-2/h5-11,14,19,29H,3-4,12-13,35H2,1-2H3,(H2,36,41)(H,37,40)/b38-11+/t19-,30-/m0/s1. The first kappa shape index (κ1) is 30.1. The number of nitrogen functional groups attached to an aromatic ring is 1. The van der Waals surface area contributed by atoms with Crippen LogP contribution >= 0.6 is 11.6 Å². The molecule has 0 bridgehead atoms. The number of hydrogen-bond acceptors (Lipinski definition) is 7. The highest BCUT2D eigenvalue weighted by Gasteiger charge is 2.45. The Hall–Kier alpha value is -4.32. The van der Waals surface area contributed by atoms with E-state index in [1.165, 1.54) is 37.4 Å². The number of ether oxygens (including phenoxy) is 2. The van der Waals surface area contributed by atoms with Crippen LogP contribution < -0.4 is 26.3 Å². The molecular formula is C30H29ClF3N5O4. The molecule has 2 aromatic carbocycles. The van der Waals surface area contributed by atoms with Gasteiger partial charge in [0.2, 0.25) is 5.91 Å². The number of nitrogens with two attached hydrogens (primary N) is 2. The number of anilines is 1. The number of carbonyl (C=O) groups is 2. The zero-order chi connectivity index (χ0) is 31.1. The van der Waals surface area contributed by atoms with Crippen molar-refractivity contribution in [2.24, 2.45) is 16.6 Å². The number of aromatic nitrogens is 1. The summed E-state index contributed by atoms with van der Waals surface area (Å²) in [6.45, 7) is -1.21. The molecule has 0 unspecified atom stereocenters. The van der Waals surface area contributed by atoms with Crippen LogP contribution in [0.2, 0.25) is 5.02 Å². The lowest BCUT2D eigenvalue weighted by Crippen LogP contribution is -2.40. The molecule has 5 rings (SSSR count). The third-order valence-electron chi connectivity index (χ3n) is 7.86. The summed E-state index contributed by atoms with van der Waals surface area (Å²) in [4.78, 5) is 33.7. The van der Waals surface area contributed by atoms with E-state index >= 15 is 4.39 Å². The van der Waals surface area contributed by atoms with Crippen molar-refractivity contribution < 1.29 is 32.2 Å². The molecule has 2 atom stereocenters. The minimum atomic E-state index is -2.95. The van der Waals surface area contributed by atoms with Gasteiger partial charge in [0.05, 0.1) is 12.8 Å². The van der Waals surface area contributed by atoms with Crippen LogP contribution in [0.25, 0.3) is 11.3 Å². The zero-order valence-corrected chi connectivity index (χ0v) is 24.1. The molecule has 2 aliphatic rings. The summed E-state index contributed by atoms with van der Waals surface area (Å²) in [5, 5.41) is 3.17. The lowest BCUT2D eigenvalue weighted by molar-refractivity contribution is -0.123. The Kier molecular flexibility index (Phi) is 8.24. The molecule has 13 heteroatoms. The predicted molar refractivity (Wildman–Crippen MR) is 155 cm³/mol. The van der Waals surface area contributed by atoms with Crippen molar-refractivity contribution in [1.29, 1.82) is 0 Å². The second kappa shape index (κ2) is 11.8. The second-order valence-electron chi connectivity index (χ2n) is 10.8. The minimum Gasteiger partial charge on any atom is -0.495 e. The lowest BCUT2D eigenvalue weighted by Gasteiger charge is -2.22. The number of fused-ring (bicyclic) bond motifs is 1. The van der Waals surface area contributed by atoms with Gasteiger partial charge in [-0.05, 0) is 62.1 Å². The fraction of sp³-hybridized carbons (Fsp3) is 0.333. The molecule has 43 heavy (non-hydrogen) atoms. The molecule has 0 saturated heterocycles. The molecule has 0 spiro atoms. The molecular weight excluding hydrogens is 587 g/mol. The van der Waals surface area contributed by atoms with Gasteiger partial charge in [-0.15, -0.1) is 0 Å². The molecule has 226 valence electrons. The van der Waals surface area contributed by atoms with Crippen LogP contribution in [0.5, 0.6) is 11.5 Å². The largest absolute Gasteiger partial charge is 0.495 e. The van der Waals surface area contributed by atoms with E-state index in [1.54, 1.807) is 13.0 Å². The van der Waals surface area contributed by atoms with Crippen molar-refractivity contribution in [1.82, 2.24) is 10.3 Å². The van der Waals surface area contributed by atoms with Crippen molar-refractivity contribution in [3.63, 3.8) is 0 Å². The zero-order valence-electron chi connectivity index (χ0n) is 23.3. The Morgan fingerprint density at radius 2 is 2.02 bits per heavy atom. The summed E-state index contributed by atoms with van der Waals surface area (Å²) >= 11 is 6.19. The van der Waals surface area contributed by atoms with Gasteiger partial charge in [0, 0.05) is 51.6 Å². The van der Waals surface area contributed by atoms with Crippen LogP contribution in [0.1, 0.15) is 52.9 Å². The van der Waals surface area contributed by atoms with Gasteiger partial charge < -0.3 is 26.3 Å². The van der Waals surface area contributed by atoms with Crippen LogP contribution in [-0.4, -0.2) is 49.8 Å². The molecule has 9 nitrogen and oxygen atoms in total. The Morgan fingerprint density at radius 3 is 2.67 bits per heavy atom. The molecule has 1 aromatic heterocycles. The number of halogens is 4. The number of nitrogens with zero attached hydrogens (tertiary/aromatic N) is 2. The maximum absolute atomic E-state index is 15.1. The van der Waals surface area contributed by atoms with Gasteiger partial charge in [0.25, 0.3) is 5.91 Å². The molecule has 3 aromatic rings. The van der Waals surface area contributed by atoms with E-state index in [4.69, 9.17) is 37.5 Å². The van der Waals surface area contributed by atoms with Crippen molar-refractivity contribution in [3.05, 3.63) is 69.6 Å². The first-order valence-electron chi connectivity index (χ1n) is 13.4. The van der Waals surface area contributed by atoms with Crippen LogP contribution in [0.4, 0.5) is 18.9 Å². The molecule has 2 amide bonds. The maximum atomic E-state index is 15.1. The van der Waals surface area contributed by atoms with E-state index in [2.05, 4.69) is 10.3 Å². The van der Waals surface area contributed by atoms with Gasteiger partial charge in [0.15, 0.2) is 0 Å². The number of carbonyl (C=O) groups excluding carboxylic acids is 2. The normalized spacial score (nSPS) is 18.4. The van der Waals surface area contributed by atoms with E-state index in [0.717, 1.165) is 19.1 Å². The SMILES string of the molecule is COc1cc(C(=O)NC[C@H](c2cc3c(c(-c4cc(Cl)ccc4F)n2)OC[C@]3(C)C(N)=O)C2CC2)cc(/C=N/C(F)F)c1N. The van der Waals surface area contributed by atoms with E-state index in [-0.39, 0.29) is 69.6 Å². The summed E-state index contributed by atoms with van der Waals surface area (Å²) in [6.07, 6.45) is 2.62. The van der Waals surface area contributed by atoms with Gasteiger partial charge in [-0.25, -0.2) is 14.4 Å². The highest BCUT2D eigenvalue weighted by atomic mass is 35.5. The molecule has 5 N–H and O–H groups in total. The number of hydrogen-bond donors (Lipinski definition) is 3. The number of pyridine rings is 1. The highest BCUT2D eigenvalue weighted by Crippen LogP contribution is 2.48. The average Bonchev–Trinajstić information content (AvgIpc) is 3.75. The molecule has 1 aliphatic heterocycles. The van der Waals surface area contributed by atoms with Crippen LogP contribution in [0, 0.1) is 11.7 Å². The Balaban J connectivity index is 1.51. The Morgan fingerprint density at radius 1 is 1.28 bits per heavy atom. The van der Waals surface area contributed by atoms with Gasteiger partial charge in [-0.2, -0.15) is 8.78 Å². The lowest BCUT2D eigenvalue weighted by atomic mass is 9.82. The Bertz CT molecular complexity index is 1630. The van der Waals surface area contributed by atoms with Crippen molar-refractivity contribution in [2.45, 2.75) is 37.6 Å². The number of benzene rings is 2. The fourth-order valence-corrected chi connectivity index (χ4v) is 5.34. The van der Waals surface area contributed by atoms with Gasteiger partial charge >= 0.3 is 6.55 Å². The van der Waals surface area contributed by atoms with E-state index < -0.39 is 29.6 Å². The Labute approximate surface area is 250 Å². The summed E-state index contributed by atoms with van der Waals surface area (Å²) < 4.78 is 51.5. The van der Waals surface area contributed by atoms with Crippen molar-refractivity contribution >= 4 is 35.3 Å². The number of rotatable bonds is 10. The highest BCUT2D eigenvalue weighted by molar-refractivity contribution is 6.30. The van der Waals surface area contributed by atoms with Crippen molar-refractivity contribution in [2.75, 3.05) is 26.0 Å². The number of aliphatic imine (C=N–C) groups is 1. The second-order valence-corrected chi connectivity index (χ2v) is 11.2. The van der Waals surface area contributed by atoms with E-state index in [1.807, 2.05) is 0 Å². The third-order valence-corrected chi connectivity index (χ3v) is 8.09. The smallest absolute Gasteiger partial charge is 0.331 e. The third kappa shape index (κ3) is 5.96. The van der Waals surface area contributed by atoms with E-state index in [0.29, 0.717) is 11.3 Å². The van der Waals surface area contributed by atoms with Gasteiger partial charge in [0.1, 0.15) is 35.0 Å². The molecule has 0 radical (unpaired) electrons. The van der Waals surface area contributed by atoms with Gasteiger partial charge in [-0.1, -0.05) is 11.6 Å². The number of primary amides is 1. The summed E-state index contributed by atoms with van der Waals surface area (Å²) in [6, 6.07) is 8.55. The number of nitrogens with one attached hydrogen (secondary N) is 1. The first-order valence-corrected chi connectivity index (χ1v) is 13.8. The van der Waals surface area contributed by atoms with Crippen molar-refractivity contribution in [3.8, 4) is 22.8 Å². The predicted octanol–water partition coefficient (Wildman–Crippen LogP) is 4.83. The summed E-state index contributed by atoms with van der Waals surface area (Å²) in [7, 11) is 1.34. The molecule has 1 saturated carbocycles. The van der Waals surface area contributed by atoms with Crippen LogP contribution in [0.15, 0.2) is 41.4 Å². The fourth-order valence-electron chi connectivity index (χ4n) is 5.17. The quantitative estimate of drug-likeness (QED) is 0.169. The molecule has 1 fully saturated rings.